The molecular weight excluding hydrogens is 403 g/mol. The van der Waals surface area contributed by atoms with Gasteiger partial charge in [-0.15, -0.1) is 0 Å². The molecule has 152 valence electrons. The minimum Gasteiger partial charge on any atom is -0.481 e. The predicted octanol–water partition coefficient (Wildman–Crippen LogP) is 1.61. The average Bonchev–Trinajstić information content (AvgIpc) is 2.63. The van der Waals surface area contributed by atoms with Crippen LogP contribution >= 0.6 is 0 Å². The van der Waals surface area contributed by atoms with Crippen molar-refractivity contribution in [3.63, 3.8) is 0 Å². The second-order valence-electron chi connectivity index (χ2n) is 5.49. The summed E-state index contributed by atoms with van der Waals surface area (Å²) in [4.78, 5) is 19.8. The maximum Gasteiger partial charge on any atom is 0.355 e. The molecule has 12 heteroatoms. The lowest BCUT2D eigenvalue weighted by Crippen LogP contribution is -2.40. The maximum absolute atomic E-state index is 14.4. The Kier molecular flexibility index (Phi) is 6.56. The summed E-state index contributed by atoms with van der Waals surface area (Å²) in [6.07, 6.45) is -0.320. The third-order valence-corrected chi connectivity index (χ3v) is 4.96. The highest BCUT2D eigenvalue weighted by Gasteiger charge is 2.38. The van der Waals surface area contributed by atoms with Gasteiger partial charge >= 0.3 is 15.8 Å². The number of sulfonamides is 1. The highest BCUT2D eigenvalue weighted by atomic mass is 32.2. The number of aliphatic hydroxyl groups is 1. The summed E-state index contributed by atoms with van der Waals surface area (Å²) in [5.74, 6) is -6.36. The molecule has 28 heavy (non-hydrogen) atoms. The quantitative estimate of drug-likeness (QED) is 0.726. The zero-order chi connectivity index (χ0) is 21.1. The summed E-state index contributed by atoms with van der Waals surface area (Å²) >= 11 is 0. The van der Waals surface area contributed by atoms with E-state index in [0.717, 1.165) is 13.0 Å². The molecule has 2 rings (SSSR count). The van der Waals surface area contributed by atoms with Gasteiger partial charge in [0.15, 0.2) is 0 Å². The fourth-order valence-corrected chi connectivity index (χ4v) is 3.41. The van der Waals surface area contributed by atoms with Crippen molar-refractivity contribution >= 4 is 21.6 Å². The number of rotatable bonds is 7. The van der Waals surface area contributed by atoms with Gasteiger partial charge in [-0.25, -0.2) is 9.37 Å². The molecule has 0 aliphatic rings. The molecule has 0 atom stereocenters. The van der Waals surface area contributed by atoms with E-state index >= 15 is 0 Å². The lowest BCUT2D eigenvalue weighted by Gasteiger charge is -2.23. The van der Waals surface area contributed by atoms with E-state index in [1.165, 1.54) is 25.3 Å². The number of nitrogens with zero attached hydrogens (tertiary/aromatic N) is 3. The predicted molar refractivity (Wildman–Crippen MR) is 91.8 cm³/mol. The van der Waals surface area contributed by atoms with Crippen molar-refractivity contribution in [1.82, 2.24) is 9.97 Å². The van der Waals surface area contributed by atoms with Gasteiger partial charge in [0.2, 0.25) is 11.8 Å². The van der Waals surface area contributed by atoms with Crippen molar-refractivity contribution in [2.75, 3.05) is 11.4 Å². The van der Waals surface area contributed by atoms with Crippen LogP contribution in [0.2, 0.25) is 0 Å². The van der Waals surface area contributed by atoms with Crippen molar-refractivity contribution < 1.29 is 36.2 Å². The van der Waals surface area contributed by atoms with E-state index in [2.05, 4.69) is 9.97 Å². The molecule has 0 unspecified atom stereocenters. The molecule has 1 amide bonds. The summed E-state index contributed by atoms with van der Waals surface area (Å²) in [7, 11) is -4.14. The number of carbonyl (C=O) groups excluding carboxylic acids is 1. The second kappa shape index (κ2) is 8.52. The number of aromatic nitrogens is 2. The summed E-state index contributed by atoms with van der Waals surface area (Å²) in [6, 6.07) is 4.64. The zero-order valence-corrected chi connectivity index (χ0v) is 15.6. The Balaban J connectivity index is 2.63. The first kappa shape index (κ1) is 21.6. The molecule has 1 N–H and O–H groups in total. The topological polar surface area (TPSA) is 110 Å². The van der Waals surface area contributed by atoms with Crippen molar-refractivity contribution in [2.24, 2.45) is 0 Å². The van der Waals surface area contributed by atoms with Gasteiger partial charge in [-0.2, -0.15) is 26.5 Å². The van der Waals surface area contributed by atoms with E-state index in [1.807, 2.05) is 0 Å². The highest BCUT2D eigenvalue weighted by molar-refractivity contribution is 7.93. The number of anilines is 1. The number of para-hydroxylation sites is 1. The molecule has 2 aromatic rings. The summed E-state index contributed by atoms with van der Waals surface area (Å²) in [5, 5.41) is 9.25. The lowest BCUT2D eigenvalue weighted by molar-refractivity contribution is -0.115. The van der Waals surface area contributed by atoms with Crippen LogP contribution in [-0.4, -0.2) is 42.3 Å². The van der Waals surface area contributed by atoms with Crippen LogP contribution in [-0.2, 0) is 27.8 Å². The summed E-state index contributed by atoms with van der Waals surface area (Å²) < 4.78 is 69.1. The molecule has 8 nitrogen and oxygen atoms in total. The van der Waals surface area contributed by atoms with Crippen molar-refractivity contribution in [2.45, 2.75) is 25.7 Å². The number of carbonyl (C=O) groups is 1. The van der Waals surface area contributed by atoms with E-state index in [1.54, 1.807) is 0 Å². The number of halogens is 3. The molecule has 0 spiro atoms. The van der Waals surface area contributed by atoms with E-state index < -0.39 is 39.8 Å². The molecule has 0 radical (unpaired) electrons. The number of methoxy groups -OCH3 is 1. The molecule has 0 aliphatic carbocycles. The Morgan fingerprint density at radius 1 is 1.32 bits per heavy atom. The SMILES string of the molecule is COc1cc(CO)nc(Cc2cccc(F)c2N(C(C)=O)S(=O)(=O)C(F)F)n1. The Morgan fingerprint density at radius 2 is 2.00 bits per heavy atom. The number of hydrogen-bond donors (Lipinski definition) is 1. The monoisotopic (exact) mass is 419 g/mol. The van der Waals surface area contributed by atoms with Crippen LogP contribution in [0.3, 0.4) is 0 Å². The molecule has 1 aromatic carbocycles. The van der Waals surface area contributed by atoms with Gasteiger partial charge in [-0.1, -0.05) is 12.1 Å². The van der Waals surface area contributed by atoms with Crippen LogP contribution in [0, 0.1) is 5.82 Å². The maximum atomic E-state index is 14.4. The van der Waals surface area contributed by atoms with Gasteiger partial charge in [-0.3, -0.25) is 4.79 Å². The van der Waals surface area contributed by atoms with E-state index in [-0.39, 0.29) is 33.7 Å². The smallest absolute Gasteiger partial charge is 0.355 e. The van der Waals surface area contributed by atoms with E-state index in [9.17, 15) is 31.5 Å². The van der Waals surface area contributed by atoms with E-state index in [0.29, 0.717) is 0 Å². The van der Waals surface area contributed by atoms with Gasteiger partial charge < -0.3 is 9.84 Å². The third kappa shape index (κ3) is 4.39. The molecule has 0 bridgehead atoms. The number of ether oxygens (including phenoxy) is 1. The number of hydrogen-bond acceptors (Lipinski definition) is 7. The Hall–Kier alpha value is -2.73. The molecule has 0 saturated carbocycles. The van der Waals surface area contributed by atoms with Crippen LogP contribution in [0.4, 0.5) is 18.9 Å². The van der Waals surface area contributed by atoms with Gasteiger partial charge in [0.05, 0.1) is 25.1 Å². The highest BCUT2D eigenvalue weighted by Crippen LogP contribution is 2.31. The van der Waals surface area contributed by atoms with Crippen LogP contribution in [0.25, 0.3) is 0 Å². The van der Waals surface area contributed by atoms with Gasteiger partial charge in [0, 0.05) is 19.4 Å². The van der Waals surface area contributed by atoms with Crippen molar-refractivity contribution in [1.29, 1.82) is 0 Å². The Morgan fingerprint density at radius 3 is 2.54 bits per heavy atom. The number of alkyl halides is 2. The van der Waals surface area contributed by atoms with Crippen molar-refractivity contribution in [3.8, 4) is 5.88 Å². The molecule has 1 aromatic heterocycles. The van der Waals surface area contributed by atoms with Gasteiger partial charge in [0.1, 0.15) is 11.6 Å². The third-order valence-electron chi connectivity index (χ3n) is 3.56. The second-order valence-corrected chi connectivity index (χ2v) is 7.24. The van der Waals surface area contributed by atoms with E-state index in [4.69, 9.17) is 4.74 Å². The van der Waals surface area contributed by atoms with Crippen LogP contribution in [0.15, 0.2) is 24.3 Å². The molecule has 0 aliphatic heterocycles. The van der Waals surface area contributed by atoms with Crippen LogP contribution < -0.4 is 9.04 Å². The number of benzene rings is 1. The fraction of sp³-hybridized carbons (Fsp3) is 0.312. The lowest BCUT2D eigenvalue weighted by atomic mass is 10.1. The first-order chi connectivity index (χ1) is 13.1. The Labute approximate surface area is 158 Å². The average molecular weight is 419 g/mol. The summed E-state index contributed by atoms with van der Waals surface area (Å²) in [5.41, 5.74) is -0.799. The largest absolute Gasteiger partial charge is 0.481 e. The first-order valence-corrected chi connectivity index (χ1v) is 9.24. The van der Waals surface area contributed by atoms with Gasteiger partial charge in [0.25, 0.3) is 0 Å². The molecule has 0 saturated heterocycles. The minimum atomic E-state index is -5.45. The van der Waals surface area contributed by atoms with Crippen LogP contribution in [0.1, 0.15) is 24.0 Å². The van der Waals surface area contributed by atoms with Gasteiger partial charge in [-0.05, 0) is 11.6 Å². The fourth-order valence-electron chi connectivity index (χ4n) is 2.43. The minimum absolute atomic E-state index is 0.00630. The normalized spacial score (nSPS) is 11.5. The standard InChI is InChI=1S/C16H16F3N3O5S/c1-9(24)22(28(25,26)16(18)19)15-10(4-3-5-12(15)17)6-13-20-11(8-23)7-14(21-13)27-2/h3-5,7,16,23H,6,8H2,1-2H3. The summed E-state index contributed by atoms with van der Waals surface area (Å²) in [6.45, 7) is 0.267. The zero-order valence-electron chi connectivity index (χ0n) is 14.8. The first-order valence-electron chi connectivity index (χ1n) is 7.73. The molecular formula is C16H16F3N3O5S. The molecule has 0 fully saturated rings. The number of aliphatic hydroxyl groups excluding tert-OH is 1. The molecule has 1 heterocycles. The van der Waals surface area contributed by atoms with Crippen molar-refractivity contribution in [3.05, 3.63) is 47.2 Å². The Bertz CT molecular complexity index is 963. The number of amides is 1. The van der Waals surface area contributed by atoms with Crippen LogP contribution in [0.5, 0.6) is 5.88 Å².